The van der Waals surface area contributed by atoms with E-state index in [1.54, 1.807) is 18.2 Å². The van der Waals surface area contributed by atoms with E-state index < -0.39 is 0 Å². The van der Waals surface area contributed by atoms with Crippen LogP contribution in [-0.2, 0) is 11.4 Å². The third-order valence-electron chi connectivity index (χ3n) is 4.26. The van der Waals surface area contributed by atoms with Crippen molar-refractivity contribution in [3.63, 3.8) is 0 Å². The molecule has 0 saturated heterocycles. The van der Waals surface area contributed by atoms with Crippen LogP contribution in [-0.4, -0.2) is 24.9 Å². The number of hydrogen-bond acceptors (Lipinski definition) is 4. The zero-order valence-corrected chi connectivity index (χ0v) is 16.7. The number of amides is 2. The number of carbonyl (C=O) groups excluding carboxylic acids is 2. The summed E-state index contributed by atoms with van der Waals surface area (Å²) >= 11 is 0. The standard InChI is InChI=1S/C22H29N3O3/c1-15(2)18-7-5-17(6-8-18)14-28-21-13-19(22(27)24-12-4-11-23)9-10-20(21)25-16(3)26/h5-10,13,15H,4,11-12,14,23H2,1-3H3,(H,24,27)(H,25,26). The molecule has 0 unspecified atom stereocenters. The van der Waals surface area contributed by atoms with Crippen molar-refractivity contribution in [1.82, 2.24) is 5.32 Å². The summed E-state index contributed by atoms with van der Waals surface area (Å²) < 4.78 is 5.93. The van der Waals surface area contributed by atoms with Gasteiger partial charge in [-0.05, 0) is 48.2 Å². The van der Waals surface area contributed by atoms with Crippen LogP contribution in [0.5, 0.6) is 5.75 Å². The summed E-state index contributed by atoms with van der Waals surface area (Å²) in [5.74, 6) is 0.519. The van der Waals surface area contributed by atoms with Gasteiger partial charge in [0.1, 0.15) is 12.4 Å². The summed E-state index contributed by atoms with van der Waals surface area (Å²) in [5, 5.41) is 5.56. The second-order valence-corrected chi connectivity index (χ2v) is 6.98. The fourth-order valence-corrected chi connectivity index (χ4v) is 2.64. The lowest BCUT2D eigenvalue weighted by atomic mass is 10.0. The zero-order chi connectivity index (χ0) is 20.5. The first kappa shape index (κ1) is 21.4. The number of nitrogens with two attached hydrogens (primary N) is 1. The molecule has 0 bridgehead atoms. The van der Waals surface area contributed by atoms with Crippen LogP contribution >= 0.6 is 0 Å². The molecule has 0 saturated carbocycles. The molecular weight excluding hydrogens is 354 g/mol. The number of benzene rings is 2. The summed E-state index contributed by atoms with van der Waals surface area (Å²) in [4.78, 5) is 23.8. The van der Waals surface area contributed by atoms with Crippen LogP contribution < -0.4 is 21.1 Å². The third kappa shape index (κ3) is 6.39. The fraction of sp³-hybridized carbons (Fsp3) is 0.364. The SMILES string of the molecule is CC(=O)Nc1ccc(C(=O)NCCCN)cc1OCc1ccc(C(C)C)cc1. The van der Waals surface area contributed by atoms with Crippen molar-refractivity contribution in [3.8, 4) is 5.75 Å². The highest BCUT2D eigenvalue weighted by Crippen LogP contribution is 2.27. The second-order valence-electron chi connectivity index (χ2n) is 6.98. The van der Waals surface area contributed by atoms with Gasteiger partial charge in [-0.1, -0.05) is 38.1 Å². The largest absolute Gasteiger partial charge is 0.487 e. The monoisotopic (exact) mass is 383 g/mol. The molecular formula is C22H29N3O3. The van der Waals surface area contributed by atoms with Gasteiger partial charge in [0.2, 0.25) is 5.91 Å². The third-order valence-corrected chi connectivity index (χ3v) is 4.26. The minimum atomic E-state index is -0.203. The fourth-order valence-electron chi connectivity index (χ4n) is 2.64. The Bertz CT molecular complexity index is 801. The van der Waals surface area contributed by atoms with Gasteiger partial charge in [0.25, 0.3) is 5.91 Å². The smallest absolute Gasteiger partial charge is 0.251 e. The first-order valence-corrected chi connectivity index (χ1v) is 9.52. The van der Waals surface area contributed by atoms with E-state index in [4.69, 9.17) is 10.5 Å². The van der Waals surface area contributed by atoms with Crippen LogP contribution in [0.15, 0.2) is 42.5 Å². The molecule has 0 heterocycles. The van der Waals surface area contributed by atoms with E-state index in [1.165, 1.54) is 12.5 Å². The normalized spacial score (nSPS) is 10.6. The zero-order valence-electron chi connectivity index (χ0n) is 16.7. The Hall–Kier alpha value is -2.86. The Kier molecular flexibility index (Phi) is 8.02. The highest BCUT2D eigenvalue weighted by atomic mass is 16.5. The first-order valence-electron chi connectivity index (χ1n) is 9.52. The molecule has 0 radical (unpaired) electrons. The maximum Gasteiger partial charge on any atom is 0.251 e. The summed E-state index contributed by atoms with van der Waals surface area (Å²) in [6, 6.07) is 13.2. The lowest BCUT2D eigenvalue weighted by molar-refractivity contribution is -0.114. The molecule has 2 aromatic carbocycles. The van der Waals surface area contributed by atoms with E-state index in [0.717, 1.165) is 5.56 Å². The van der Waals surface area contributed by atoms with Crippen LogP contribution in [0.2, 0.25) is 0 Å². The molecule has 0 fully saturated rings. The quantitative estimate of drug-likeness (QED) is 0.578. The topological polar surface area (TPSA) is 93.5 Å². The maximum absolute atomic E-state index is 12.3. The van der Waals surface area contributed by atoms with E-state index in [2.05, 4.69) is 36.6 Å². The maximum atomic E-state index is 12.3. The summed E-state index contributed by atoms with van der Waals surface area (Å²) in [6.07, 6.45) is 0.714. The molecule has 0 aliphatic carbocycles. The van der Waals surface area contributed by atoms with Crippen molar-refractivity contribution in [2.75, 3.05) is 18.4 Å². The number of nitrogens with one attached hydrogen (secondary N) is 2. The lowest BCUT2D eigenvalue weighted by Crippen LogP contribution is -2.26. The molecule has 2 amide bonds. The van der Waals surface area contributed by atoms with E-state index in [1.807, 2.05) is 12.1 Å². The molecule has 6 nitrogen and oxygen atoms in total. The predicted octanol–water partition coefficient (Wildman–Crippen LogP) is 3.43. The number of carbonyl (C=O) groups is 2. The van der Waals surface area contributed by atoms with E-state index in [-0.39, 0.29) is 11.8 Å². The van der Waals surface area contributed by atoms with Gasteiger partial charge in [0.15, 0.2) is 0 Å². The van der Waals surface area contributed by atoms with Gasteiger partial charge in [-0.15, -0.1) is 0 Å². The number of ether oxygens (including phenoxy) is 1. The molecule has 0 aliphatic heterocycles. The van der Waals surface area contributed by atoms with Gasteiger partial charge in [-0.2, -0.15) is 0 Å². The molecule has 2 rings (SSSR count). The molecule has 0 aliphatic rings. The number of hydrogen-bond donors (Lipinski definition) is 3. The van der Waals surface area contributed by atoms with Crippen molar-refractivity contribution in [2.24, 2.45) is 5.73 Å². The van der Waals surface area contributed by atoms with Crippen LogP contribution in [0.3, 0.4) is 0 Å². The summed E-state index contributed by atoms with van der Waals surface area (Å²) in [6.45, 7) is 7.10. The van der Waals surface area contributed by atoms with Crippen LogP contribution in [0.25, 0.3) is 0 Å². The Labute approximate surface area is 166 Å². The minimum Gasteiger partial charge on any atom is -0.487 e. The molecule has 150 valence electrons. The van der Waals surface area contributed by atoms with E-state index in [9.17, 15) is 9.59 Å². The van der Waals surface area contributed by atoms with Gasteiger partial charge in [-0.3, -0.25) is 9.59 Å². The molecule has 28 heavy (non-hydrogen) atoms. The number of anilines is 1. The van der Waals surface area contributed by atoms with Crippen LogP contribution in [0.4, 0.5) is 5.69 Å². The molecule has 6 heteroatoms. The van der Waals surface area contributed by atoms with E-state index >= 15 is 0 Å². The van der Waals surface area contributed by atoms with Crippen molar-refractivity contribution in [3.05, 3.63) is 59.2 Å². The highest BCUT2D eigenvalue weighted by molar-refractivity contribution is 5.96. The Balaban J connectivity index is 2.15. The molecule has 4 N–H and O–H groups in total. The predicted molar refractivity (Wildman–Crippen MR) is 112 cm³/mol. The van der Waals surface area contributed by atoms with Crippen molar-refractivity contribution < 1.29 is 14.3 Å². The van der Waals surface area contributed by atoms with Crippen molar-refractivity contribution in [1.29, 1.82) is 0 Å². The minimum absolute atomic E-state index is 0.200. The first-order chi connectivity index (χ1) is 13.4. The average Bonchev–Trinajstić information content (AvgIpc) is 2.67. The molecule has 0 spiro atoms. The van der Waals surface area contributed by atoms with Gasteiger partial charge in [0, 0.05) is 19.0 Å². The summed E-state index contributed by atoms with van der Waals surface area (Å²) in [5.41, 5.74) is 8.73. The highest BCUT2D eigenvalue weighted by Gasteiger charge is 2.12. The van der Waals surface area contributed by atoms with Gasteiger partial charge < -0.3 is 21.1 Å². The van der Waals surface area contributed by atoms with Gasteiger partial charge in [-0.25, -0.2) is 0 Å². The van der Waals surface area contributed by atoms with E-state index in [0.29, 0.717) is 49.0 Å². The van der Waals surface area contributed by atoms with Crippen LogP contribution in [0, 0.1) is 0 Å². The number of rotatable bonds is 9. The summed E-state index contributed by atoms with van der Waals surface area (Å²) in [7, 11) is 0. The Morgan fingerprint density at radius 1 is 1.11 bits per heavy atom. The van der Waals surface area contributed by atoms with Crippen molar-refractivity contribution in [2.45, 2.75) is 39.7 Å². The molecule has 2 aromatic rings. The van der Waals surface area contributed by atoms with Gasteiger partial charge in [0.05, 0.1) is 5.69 Å². The molecule has 0 atom stereocenters. The Morgan fingerprint density at radius 2 is 1.82 bits per heavy atom. The lowest BCUT2D eigenvalue weighted by Gasteiger charge is -2.14. The van der Waals surface area contributed by atoms with Gasteiger partial charge >= 0.3 is 0 Å². The van der Waals surface area contributed by atoms with Crippen LogP contribution in [0.1, 0.15) is 54.6 Å². The Morgan fingerprint density at radius 3 is 2.43 bits per heavy atom. The molecule has 0 aromatic heterocycles. The second kappa shape index (κ2) is 10.5. The average molecular weight is 383 g/mol. The van der Waals surface area contributed by atoms with Crippen molar-refractivity contribution >= 4 is 17.5 Å².